The number of hydrogen-bond donors (Lipinski definition) is 3. The highest BCUT2D eigenvalue weighted by molar-refractivity contribution is 5.92. The number of aromatic amines is 1. The number of amides is 1. The first-order valence-electron chi connectivity index (χ1n) is 5.55. The Morgan fingerprint density at radius 3 is 2.76 bits per heavy atom. The van der Waals surface area contributed by atoms with Gasteiger partial charge in [-0.1, -0.05) is 5.10 Å². The van der Waals surface area contributed by atoms with E-state index in [9.17, 15) is 4.79 Å². The molecule has 3 rings (SSSR count). The van der Waals surface area contributed by atoms with Gasteiger partial charge in [0, 0.05) is 6.04 Å². The van der Waals surface area contributed by atoms with Gasteiger partial charge in [-0.3, -0.25) is 10.1 Å². The summed E-state index contributed by atoms with van der Waals surface area (Å²) < 4.78 is 0. The summed E-state index contributed by atoms with van der Waals surface area (Å²) in [5.74, 6) is 1.02. The maximum absolute atomic E-state index is 12.0. The monoisotopic (exact) mass is 258 g/mol. The molecule has 0 saturated heterocycles. The van der Waals surface area contributed by atoms with Crippen LogP contribution >= 0.6 is 12.4 Å². The second kappa shape index (κ2) is 4.58. The Morgan fingerprint density at radius 2 is 2.18 bits per heavy atom. The number of carbonyl (C=O) groups excluding carboxylic acids is 1. The maximum atomic E-state index is 12.0. The van der Waals surface area contributed by atoms with E-state index in [4.69, 9.17) is 5.73 Å². The van der Waals surface area contributed by atoms with E-state index in [0.29, 0.717) is 11.8 Å². The number of carbonyl (C=O) groups is 1. The number of H-pyrrole nitrogens is 1. The predicted molar refractivity (Wildman–Crippen MR) is 62.4 cm³/mol. The highest BCUT2D eigenvalue weighted by Crippen LogP contribution is 2.47. The topological polar surface area (TPSA) is 110 Å². The largest absolute Gasteiger partial charge is 0.327 e. The van der Waals surface area contributed by atoms with Crippen molar-refractivity contribution in [2.45, 2.75) is 25.3 Å². The summed E-state index contributed by atoms with van der Waals surface area (Å²) in [5.41, 5.74) is 6.07. The number of tetrazole rings is 1. The predicted octanol–water partition coefficient (Wildman–Crippen LogP) is -0.0666. The van der Waals surface area contributed by atoms with Crippen LogP contribution in [0.5, 0.6) is 0 Å². The van der Waals surface area contributed by atoms with Crippen LogP contribution < -0.4 is 11.1 Å². The van der Waals surface area contributed by atoms with E-state index in [1.165, 1.54) is 0 Å². The third-order valence-electron chi connectivity index (χ3n) is 3.86. The lowest BCUT2D eigenvalue weighted by Crippen LogP contribution is -2.42. The summed E-state index contributed by atoms with van der Waals surface area (Å²) in [5, 5.41) is 15.7. The normalized spacial score (nSPS) is 34.4. The Kier molecular flexibility index (Phi) is 3.30. The van der Waals surface area contributed by atoms with Gasteiger partial charge in [-0.15, -0.1) is 17.5 Å². The summed E-state index contributed by atoms with van der Waals surface area (Å²) in [6.07, 6.45) is 3.37. The summed E-state index contributed by atoms with van der Waals surface area (Å²) >= 11 is 0. The molecule has 4 unspecified atom stereocenters. The van der Waals surface area contributed by atoms with E-state index < -0.39 is 0 Å². The van der Waals surface area contributed by atoms with Crippen molar-refractivity contribution in [1.29, 1.82) is 0 Å². The Balaban J connectivity index is 0.00000108. The third kappa shape index (κ3) is 2.00. The Hall–Kier alpha value is -1.21. The number of anilines is 1. The van der Waals surface area contributed by atoms with Gasteiger partial charge in [-0.05, 0) is 36.3 Å². The second-order valence-electron chi connectivity index (χ2n) is 4.66. The van der Waals surface area contributed by atoms with Crippen molar-refractivity contribution in [1.82, 2.24) is 20.6 Å². The Bertz CT molecular complexity index is 394. The number of fused-ring (bicyclic) bond motifs is 2. The summed E-state index contributed by atoms with van der Waals surface area (Å²) in [4.78, 5) is 12.0. The van der Waals surface area contributed by atoms with Crippen molar-refractivity contribution < 1.29 is 4.79 Å². The molecular weight excluding hydrogens is 244 g/mol. The fourth-order valence-corrected chi connectivity index (χ4v) is 3.13. The fraction of sp³-hybridized carbons (Fsp3) is 0.778. The van der Waals surface area contributed by atoms with Crippen LogP contribution in [-0.4, -0.2) is 32.6 Å². The van der Waals surface area contributed by atoms with Crippen LogP contribution in [-0.2, 0) is 4.79 Å². The second-order valence-corrected chi connectivity index (χ2v) is 4.66. The molecule has 0 aromatic carbocycles. The van der Waals surface area contributed by atoms with Crippen molar-refractivity contribution in [2.24, 2.45) is 23.5 Å². The summed E-state index contributed by atoms with van der Waals surface area (Å²) in [6, 6.07) is -0.00866. The molecule has 7 nitrogen and oxygen atoms in total. The van der Waals surface area contributed by atoms with Gasteiger partial charge in [0.1, 0.15) is 0 Å². The quantitative estimate of drug-likeness (QED) is 0.688. The Labute approximate surface area is 104 Å². The molecule has 0 aliphatic heterocycles. The summed E-state index contributed by atoms with van der Waals surface area (Å²) in [6.45, 7) is 0. The average Bonchev–Trinajstić information content (AvgIpc) is 2.92. The molecule has 2 aliphatic rings. The van der Waals surface area contributed by atoms with Crippen LogP contribution in [0.2, 0.25) is 0 Å². The molecule has 4 atom stereocenters. The van der Waals surface area contributed by atoms with Crippen LogP contribution in [0.15, 0.2) is 0 Å². The SMILES string of the molecule is Cl.NC1C2CCC(C2)C1C(=O)Nc1nn[nH]n1. The van der Waals surface area contributed by atoms with Crippen molar-refractivity contribution in [3.8, 4) is 0 Å². The van der Waals surface area contributed by atoms with Crippen LogP contribution in [0.3, 0.4) is 0 Å². The van der Waals surface area contributed by atoms with E-state index in [1.54, 1.807) is 0 Å². The van der Waals surface area contributed by atoms with Crippen LogP contribution in [0.1, 0.15) is 19.3 Å². The first-order valence-corrected chi connectivity index (χ1v) is 5.55. The molecule has 2 aliphatic carbocycles. The first-order chi connectivity index (χ1) is 7.75. The lowest BCUT2D eigenvalue weighted by molar-refractivity contribution is -0.121. The molecule has 2 saturated carbocycles. The van der Waals surface area contributed by atoms with E-state index in [0.717, 1.165) is 19.3 Å². The molecule has 1 amide bonds. The van der Waals surface area contributed by atoms with Crippen molar-refractivity contribution in [3.05, 3.63) is 0 Å². The Morgan fingerprint density at radius 1 is 1.41 bits per heavy atom. The molecule has 0 radical (unpaired) electrons. The van der Waals surface area contributed by atoms with E-state index in [2.05, 4.69) is 25.9 Å². The number of nitrogens with zero attached hydrogens (tertiary/aromatic N) is 3. The minimum absolute atomic E-state index is 0. The molecule has 1 aromatic rings. The van der Waals surface area contributed by atoms with Gasteiger partial charge < -0.3 is 5.73 Å². The lowest BCUT2D eigenvalue weighted by Gasteiger charge is -2.26. The van der Waals surface area contributed by atoms with Gasteiger partial charge in [0.05, 0.1) is 5.92 Å². The van der Waals surface area contributed by atoms with Crippen molar-refractivity contribution in [3.63, 3.8) is 0 Å². The minimum Gasteiger partial charge on any atom is -0.327 e. The maximum Gasteiger partial charge on any atom is 0.269 e. The molecule has 0 spiro atoms. The van der Waals surface area contributed by atoms with Crippen LogP contribution in [0, 0.1) is 17.8 Å². The van der Waals surface area contributed by atoms with E-state index >= 15 is 0 Å². The molecular formula is C9H15ClN6O. The molecule has 1 heterocycles. The number of nitrogens with two attached hydrogens (primary N) is 1. The number of rotatable bonds is 2. The number of halogens is 1. The average molecular weight is 259 g/mol. The zero-order valence-corrected chi connectivity index (χ0v) is 9.98. The molecule has 4 N–H and O–H groups in total. The van der Waals surface area contributed by atoms with E-state index in [-0.39, 0.29) is 36.2 Å². The minimum atomic E-state index is -0.0859. The van der Waals surface area contributed by atoms with Gasteiger partial charge >= 0.3 is 0 Å². The lowest BCUT2D eigenvalue weighted by atomic mass is 9.84. The van der Waals surface area contributed by atoms with Crippen molar-refractivity contribution >= 4 is 24.3 Å². The zero-order valence-electron chi connectivity index (χ0n) is 9.17. The van der Waals surface area contributed by atoms with E-state index in [1.807, 2.05) is 0 Å². The smallest absolute Gasteiger partial charge is 0.269 e. The number of hydrogen-bond acceptors (Lipinski definition) is 5. The molecule has 2 fully saturated rings. The first kappa shape index (κ1) is 12.3. The van der Waals surface area contributed by atoms with Gasteiger partial charge in [0.25, 0.3) is 5.95 Å². The number of aromatic nitrogens is 4. The highest BCUT2D eigenvalue weighted by Gasteiger charge is 2.49. The van der Waals surface area contributed by atoms with Crippen LogP contribution in [0.4, 0.5) is 5.95 Å². The third-order valence-corrected chi connectivity index (χ3v) is 3.86. The molecule has 8 heteroatoms. The van der Waals surface area contributed by atoms with Gasteiger partial charge in [0.2, 0.25) is 5.91 Å². The zero-order chi connectivity index (χ0) is 11.1. The fourth-order valence-electron chi connectivity index (χ4n) is 3.13. The highest BCUT2D eigenvalue weighted by atomic mass is 35.5. The molecule has 1 aromatic heterocycles. The summed E-state index contributed by atoms with van der Waals surface area (Å²) in [7, 11) is 0. The standard InChI is InChI=1S/C9H14N6O.ClH/c10-7-5-2-1-4(3-5)6(7)8(16)11-9-12-14-15-13-9;/h4-7H,1-3,10H2,(H2,11,12,13,14,15,16);1H. The number of nitrogens with one attached hydrogen (secondary N) is 2. The van der Waals surface area contributed by atoms with Gasteiger partial charge in [-0.2, -0.15) is 5.21 Å². The molecule has 2 bridgehead atoms. The van der Waals surface area contributed by atoms with Crippen molar-refractivity contribution in [2.75, 3.05) is 5.32 Å². The van der Waals surface area contributed by atoms with Gasteiger partial charge in [0.15, 0.2) is 0 Å². The van der Waals surface area contributed by atoms with Gasteiger partial charge in [-0.25, -0.2) is 0 Å². The molecule has 94 valence electrons. The molecule has 17 heavy (non-hydrogen) atoms. The van der Waals surface area contributed by atoms with Crippen LogP contribution in [0.25, 0.3) is 0 Å².